The van der Waals surface area contributed by atoms with Crippen molar-refractivity contribution in [3.8, 4) is 0 Å². The van der Waals surface area contributed by atoms with E-state index >= 15 is 0 Å². The molecule has 0 fully saturated rings. The Balaban J connectivity index is 2.25. The van der Waals surface area contributed by atoms with E-state index in [9.17, 15) is 9.18 Å². The molecule has 0 aliphatic rings. The highest BCUT2D eigenvalue weighted by atomic mass is 19.1. The van der Waals surface area contributed by atoms with Gasteiger partial charge >= 0.3 is 0 Å². The van der Waals surface area contributed by atoms with Crippen LogP contribution in [-0.2, 0) is 10.2 Å². The molecule has 0 N–H and O–H groups in total. The van der Waals surface area contributed by atoms with E-state index in [1.54, 1.807) is 0 Å². The van der Waals surface area contributed by atoms with Crippen LogP contribution in [0.2, 0.25) is 0 Å². The van der Waals surface area contributed by atoms with E-state index in [4.69, 9.17) is 0 Å². The number of benzene rings is 1. The number of rotatable bonds is 4. The van der Waals surface area contributed by atoms with Crippen molar-refractivity contribution >= 4 is 17.9 Å². The zero-order chi connectivity index (χ0) is 16.4. The van der Waals surface area contributed by atoms with Gasteiger partial charge in [-0.1, -0.05) is 32.0 Å². The smallest absolute Gasteiger partial charge is 0.142 e. The van der Waals surface area contributed by atoms with Crippen molar-refractivity contribution in [3.63, 3.8) is 0 Å². The zero-order valence-corrected chi connectivity index (χ0v) is 13.2. The van der Waals surface area contributed by atoms with E-state index in [0.717, 1.165) is 28.6 Å². The predicted octanol–water partition coefficient (Wildman–Crippen LogP) is 4.62. The fourth-order valence-corrected chi connectivity index (χ4v) is 3.08. The number of halogens is 1. The molecule has 0 saturated carbocycles. The van der Waals surface area contributed by atoms with E-state index in [1.807, 2.05) is 42.6 Å². The van der Waals surface area contributed by atoms with Crippen LogP contribution in [-0.4, -0.2) is 10.7 Å². The van der Waals surface area contributed by atoms with Crippen LogP contribution in [0, 0.1) is 5.82 Å². The Labute approximate surface area is 134 Å². The largest absolute Gasteiger partial charge is 0.319 e. The van der Waals surface area contributed by atoms with Gasteiger partial charge in [0.2, 0.25) is 0 Å². The van der Waals surface area contributed by atoms with Crippen LogP contribution < -0.4 is 0 Å². The van der Waals surface area contributed by atoms with Gasteiger partial charge in [-0.25, -0.2) is 4.39 Å². The molecule has 0 amide bonds. The lowest BCUT2D eigenvalue weighted by Crippen LogP contribution is -2.22. The summed E-state index contributed by atoms with van der Waals surface area (Å²) in [5.41, 5.74) is 3.78. The number of hydrogen-bond donors (Lipinski definition) is 0. The minimum absolute atomic E-state index is 0.245. The molecule has 0 aliphatic carbocycles. The number of carbonyl (C=O) groups excluding carboxylic acids is 1. The van der Waals surface area contributed by atoms with Gasteiger partial charge in [0.25, 0.3) is 0 Å². The van der Waals surface area contributed by atoms with Gasteiger partial charge in [0.05, 0.1) is 0 Å². The summed E-state index contributed by atoms with van der Waals surface area (Å²) in [4.78, 5) is 10.7. The molecule has 2 nitrogen and oxygen atoms in total. The van der Waals surface area contributed by atoms with Crippen LogP contribution in [0.1, 0.15) is 30.7 Å². The molecule has 3 heteroatoms. The molecule has 0 radical (unpaired) electrons. The Bertz CT molecular complexity index is 872. The summed E-state index contributed by atoms with van der Waals surface area (Å²) >= 11 is 0. The summed E-state index contributed by atoms with van der Waals surface area (Å²) < 4.78 is 15.4. The van der Waals surface area contributed by atoms with Crippen molar-refractivity contribution in [1.82, 2.24) is 4.40 Å². The molecule has 1 aromatic carbocycles. The maximum Gasteiger partial charge on any atom is 0.142 e. The first kappa shape index (κ1) is 15.2. The molecular formula is C20H18FNO. The molecule has 2 heterocycles. The Morgan fingerprint density at radius 3 is 2.52 bits per heavy atom. The van der Waals surface area contributed by atoms with Gasteiger partial charge in [-0.05, 0) is 53.6 Å². The molecule has 0 unspecified atom stereocenters. The fraction of sp³-hybridized carbons (Fsp3) is 0.150. The van der Waals surface area contributed by atoms with E-state index in [2.05, 4.69) is 24.3 Å². The Morgan fingerprint density at radius 1 is 1.09 bits per heavy atom. The lowest BCUT2D eigenvalue weighted by Gasteiger charge is -2.27. The summed E-state index contributed by atoms with van der Waals surface area (Å²) in [5, 5.41) is 0. The third-order valence-electron chi connectivity index (χ3n) is 4.22. The van der Waals surface area contributed by atoms with Crippen LogP contribution in [0.4, 0.5) is 4.39 Å². The summed E-state index contributed by atoms with van der Waals surface area (Å²) in [6.07, 6.45) is 6.10. The number of fused-ring (bicyclic) bond motifs is 1. The van der Waals surface area contributed by atoms with Crippen molar-refractivity contribution < 1.29 is 9.18 Å². The van der Waals surface area contributed by atoms with Gasteiger partial charge in [-0.15, -0.1) is 0 Å². The highest BCUT2D eigenvalue weighted by Gasteiger charge is 2.28. The maximum atomic E-state index is 13.3. The van der Waals surface area contributed by atoms with E-state index in [0.29, 0.717) is 0 Å². The molecule has 0 atom stereocenters. The first-order valence-electron chi connectivity index (χ1n) is 7.52. The van der Waals surface area contributed by atoms with Gasteiger partial charge in [0, 0.05) is 22.8 Å². The second kappa shape index (κ2) is 5.84. The van der Waals surface area contributed by atoms with Crippen LogP contribution in [0.25, 0.3) is 11.6 Å². The van der Waals surface area contributed by atoms with Gasteiger partial charge in [-0.3, -0.25) is 4.79 Å². The topological polar surface area (TPSA) is 21.5 Å². The van der Waals surface area contributed by atoms with E-state index < -0.39 is 0 Å². The summed E-state index contributed by atoms with van der Waals surface area (Å²) in [7, 11) is 0. The number of allylic oxidation sites excluding steroid dienone is 1. The minimum atomic E-state index is -0.343. The average molecular weight is 307 g/mol. The number of nitrogens with zero attached hydrogens (tertiary/aromatic N) is 1. The van der Waals surface area contributed by atoms with Crippen LogP contribution in [0.5, 0.6) is 0 Å². The monoisotopic (exact) mass is 307 g/mol. The van der Waals surface area contributed by atoms with Crippen LogP contribution in [0.3, 0.4) is 0 Å². The molecule has 3 aromatic rings. The molecule has 0 saturated heterocycles. The third-order valence-corrected chi connectivity index (χ3v) is 4.22. The van der Waals surface area contributed by atoms with Crippen molar-refractivity contribution in [2.24, 2.45) is 0 Å². The molecule has 0 bridgehead atoms. The number of aldehydes is 1. The van der Waals surface area contributed by atoms with Gasteiger partial charge < -0.3 is 4.40 Å². The zero-order valence-electron chi connectivity index (χ0n) is 13.2. The number of carbonyl (C=O) groups is 1. The number of hydrogen-bond acceptors (Lipinski definition) is 1. The van der Waals surface area contributed by atoms with Crippen molar-refractivity contribution in [1.29, 1.82) is 0 Å². The number of pyridine rings is 1. The molecule has 3 rings (SSSR count). The summed E-state index contributed by atoms with van der Waals surface area (Å²) in [6.45, 7) is 4.21. The van der Waals surface area contributed by atoms with Gasteiger partial charge in [0.1, 0.15) is 12.1 Å². The van der Waals surface area contributed by atoms with Gasteiger partial charge in [0.15, 0.2) is 0 Å². The van der Waals surface area contributed by atoms with Crippen molar-refractivity contribution in [2.45, 2.75) is 19.3 Å². The lowest BCUT2D eigenvalue weighted by atomic mass is 9.80. The Hall–Kier alpha value is -2.68. The minimum Gasteiger partial charge on any atom is -0.319 e. The number of aromatic nitrogens is 1. The molecule has 0 aliphatic heterocycles. The fourth-order valence-electron chi connectivity index (χ4n) is 3.08. The molecule has 23 heavy (non-hydrogen) atoms. The quantitative estimate of drug-likeness (QED) is 0.509. The predicted molar refractivity (Wildman–Crippen MR) is 91.0 cm³/mol. The Morgan fingerprint density at radius 2 is 1.83 bits per heavy atom. The molecule has 116 valence electrons. The lowest BCUT2D eigenvalue weighted by molar-refractivity contribution is -0.104. The Kier molecular flexibility index (Phi) is 3.87. The normalized spacial score (nSPS) is 12.1. The standard InChI is InChI=1S/C20H18FNO/c1-20(2,16-8-10-17(21)11-9-16)19-15(6-5-13-23)14-18-7-3-4-12-22(18)19/h3-14H,1-2H3/b6-5+. The van der Waals surface area contributed by atoms with Crippen molar-refractivity contribution in [2.75, 3.05) is 0 Å². The highest BCUT2D eigenvalue weighted by molar-refractivity contribution is 5.77. The average Bonchev–Trinajstić information content (AvgIpc) is 2.92. The van der Waals surface area contributed by atoms with Crippen LogP contribution >= 0.6 is 0 Å². The second-order valence-corrected chi connectivity index (χ2v) is 6.07. The molecular weight excluding hydrogens is 289 g/mol. The van der Waals surface area contributed by atoms with Gasteiger partial charge in [-0.2, -0.15) is 0 Å². The molecule has 0 spiro atoms. The van der Waals surface area contributed by atoms with Crippen LogP contribution in [0.15, 0.2) is 60.8 Å². The van der Waals surface area contributed by atoms with E-state index in [-0.39, 0.29) is 11.2 Å². The maximum absolute atomic E-state index is 13.3. The van der Waals surface area contributed by atoms with Crippen molar-refractivity contribution in [3.05, 3.63) is 83.4 Å². The first-order valence-corrected chi connectivity index (χ1v) is 7.52. The second-order valence-electron chi connectivity index (χ2n) is 6.07. The SMILES string of the molecule is CC(C)(c1ccc(F)cc1)c1c(/C=C/C=O)cc2ccccn12. The summed E-state index contributed by atoms with van der Waals surface area (Å²) in [5.74, 6) is -0.245. The first-order chi connectivity index (χ1) is 11.0. The molecule has 2 aromatic heterocycles. The summed E-state index contributed by atoms with van der Waals surface area (Å²) in [6, 6.07) is 14.6. The van der Waals surface area contributed by atoms with E-state index in [1.165, 1.54) is 18.2 Å². The third kappa shape index (κ3) is 2.70. The highest BCUT2D eigenvalue weighted by Crippen LogP contribution is 2.36.